The fourth-order valence-electron chi connectivity index (χ4n) is 3.99. The maximum absolute atomic E-state index is 13.3. The highest BCUT2D eigenvalue weighted by Crippen LogP contribution is 2.41. The molecule has 2 aliphatic rings. The number of rotatable bonds is 4. The Labute approximate surface area is 189 Å². The Bertz CT molecular complexity index is 822. The number of hydrogen-bond acceptors (Lipinski definition) is 8. The Balaban J connectivity index is 2.60. The number of aliphatic hydroxyl groups is 1. The van der Waals surface area contributed by atoms with Crippen molar-refractivity contribution in [3.05, 3.63) is 23.8 Å². The molecule has 178 valence electrons. The largest absolute Gasteiger partial charge is 0.455 e. The van der Waals surface area contributed by atoms with Crippen molar-refractivity contribution >= 4 is 23.7 Å². The van der Waals surface area contributed by atoms with Crippen LogP contribution in [0.25, 0.3) is 0 Å². The number of Topliss-reactive ketones (excluding diaryl/α,β-unsaturated/α-hetero) is 1. The van der Waals surface area contributed by atoms with E-state index in [-0.39, 0.29) is 17.8 Å². The van der Waals surface area contributed by atoms with E-state index in [0.717, 1.165) is 0 Å². The number of allylic oxidation sites excluding steroid dienone is 1. The molecule has 0 unspecified atom stereocenters. The van der Waals surface area contributed by atoms with Gasteiger partial charge in [0.05, 0.1) is 11.8 Å². The molecule has 0 spiro atoms. The second-order valence-electron chi connectivity index (χ2n) is 9.28. The highest BCUT2D eigenvalue weighted by Gasteiger charge is 2.57. The van der Waals surface area contributed by atoms with Crippen molar-refractivity contribution in [2.45, 2.75) is 84.7 Å². The number of ether oxygens (including phenoxy) is 3. The molecule has 0 radical (unpaired) electrons. The van der Waals surface area contributed by atoms with Crippen molar-refractivity contribution in [1.29, 1.82) is 0 Å². The van der Waals surface area contributed by atoms with Crippen LogP contribution in [0.4, 0.5) is 0 Å². The first-order valence-electron chi connectivity index (χ1n) is 11.0. The van der Waals surface area contributed by atoms with Gasteiger partial charge < -0.3 is 19.3 Å². The first kappa shape index (κ1) is 25.8. The average Bonchev–Trinajstić information content (AvgIpc) is 3.01. The van der Waals surface area contributed by atoms with E-state index in [4.69, 9.17) is 14.2 Å². The topological polar surface area (TPSA) is 116 Å². The summed E-state index contributed by atoms with van der Waals surface area (Å²) in [5.41, 5.74) is -1.31. The van der Waals surface area contributed by atoms with Gasteiger partial charge in [-0.25, -0.2) is 9.59 Å². The summed E-state index contributed by atoms with van der Waals surface area (Å²) in [6, 6.07) is 0. The Morgan fingerprint density at radius 2 is 1.91 bits per heavy atom. The lowest BCUT2D eigenvalue weighted by atomic mass is 9.76. The van der Waals surface area contributed by atoms with E-state index in [0.29, 0.717) is 18.4 Å². The van der Waals surface area contributed by atoms with Crippen LogP contribution >= 0.6 is 0 Å². The number of carbonyl (C=O) groups excluding carboxylic acids is 4. The molecule has 0 amide bonds. The van der Waals surface area contributed by atoms with E-state index in [2.05, 4.69) is 6.58 Å². The van der Waals surface area contributed by atoms with Gasteiger partial charge in [-0.3, -0.25) is 9.59 Å². The van der Waals surface area contributed by atoms with E-state index in [1.165, 1.54) is 6.92 Å². The monoisotopic (exact) mass is 450 g/mol. The highest BCUT2D eigenvalue weighted by molar-refractivity contribution is 5.96. The van der Waals surface area contributed by atoms with Gasteiger partial charge in [0, 0.05) is 17.1 Å². The lowest BCUT2D eigenvalue weighted by molar-refractivity contribution is -0.195. The molecule has 6 atom stereocenters. The minimum Gasteiger partial charge on any atom is -0.455 e. The molecule has 1 heterocycles. The number of fused-ring (bicyclic) bond motifs is 1. The third-order valence-corrected chi connectivity index (χ3v) is 6.29. The van der Waals surface area contributed by atoms with E-state index >= 15 is 0 Å². The van der Waals surface area contributed by atoms with E-state index in [9.17, 15) is 24.3 Å². The van der Waals surface area contributed by atoms with Crippen LogP contribution in [0.3, 0.4) is 0 Å². The molecule has 2 fully saturated rings. The van der Waals surface area contributed by atoms with Gasteiger partial charge in [-0.15, -0.1) is 0 Å². The quantitative estimate of drug-likeness (QED) is 0.395. The third-order valence-electron chi connectivity index (χ3n) is 6.29. The molecular formula is C24H34O8. The van der Waals surface area contributed by atoms with Crippen LogP contribution in [-0.2, 0) is 33.4 Å². The molecule has 8 nitrogen and oxygen atoms in total. The average molecular weight is 451 g/mol. The Morgan fingerprint density at radius 1 is 1.28 bits per heavy atom. The summed E-state index contributed by atoms with van der Waals surface area (Å²) in [4.78, 5) is 50.9. The second kappa shape index (κ2) is 9.98. The van der Waals surface area contributed by atoms with Crippen molar-refractivity contribution in [2.75, 3.05) is 0 Å². The normalized spacial score (nSPS) is 34.1. The maximum Gasteiger partial charge on any atom is 0.334 e. The molecule has 32 heavy (non-hydrogen) atoms. The molecule has 8 heteroatoms. The van der Waals surface area contributed by atoms with Crippen molar-refractivity contribution < 1.29 is 38.5 Å². The standard InChI is InChI=1S/C24H34O8/c1-8-13(4)22(27)30-18-16-15(6)23(28)31-19(16)20(32-21(26)12(2)3)24(7,29)11-9-10-14(5)17(18)25/h8,12,14,16,18-20,29H,6,9-11H2,1-5,7H3/b13-8-/t14-,16-,18-,19+,20-,24+/m1/s1. The number of hydrogen-bond donors (Lipinski definition) is 1. The molecule has 0 bridgehead atoms. The predicted molar refractivity (Wildman–Crippen MR) is 115 cm³/mol. The highest BCUT2D eigenvalue weighted by atomic mass is 16.6. The Morgan fingerprint density at radius 3 is 2.47 bits per heavy atom. The third kappa shape index (κ3) is 5.28. The Hall–Kier alpha value is -2.48. The maximum atomic E-state index is 13.3. The van der Waals surface area contributed by atoms with Crippen molar-refractivity contribution in [2.24, 2.45) is 17.8 Å². The van der Waals surface area contributed by atoms with Crippen LogP contribution in [-0.4, -0.2) is 52.7 Å². The molecule has 1 aliphatic heterocycles. The van der Waals surface area contributed by atoms with Crippen LogP contribution in [0.15, 0.2) is 23.8 Å². The van der Waals surface area contributed by atoms with Gasteiger partial charge >= 0.3 is 17.9 Å². The van der Waals surface area contributed by atoms with Gasteiger partial charge in [-0.05, 0) is 40.0 Å². The summed E-state index contributed by atoms with van der Waals surface area (Å²) < 4.78 is 16.7. The van der Waals surface area contributed by atoms with Gasteiger partial charge in [0.2, 0.25) is 0 Å². The van der Waals surface area contributed by atoms with Gasteiger partial charge in [-0.2, -0.15) is 0 Å². The molecule has 0 aromatic heterocycles. The van der Waals surface area contributed by atoms with Crippen molar-refractivity contribution in [3.63, 3.8) is 0 Å². The van der Waals surface area contributed by atoms with Crippen LogP contribution in [0.2, 0.25) is 0 Å². The summed E-state index contributed by atoms with van der Waals surface area (Å²) in [7, 11) is 0. The zero-order valence-corrected chi connectivity index (χ0v) is 19.7. The first-order valence-corrected chi connectivity index (χ1v) is 11.0. The molecule has 2 rings (SSSR count). The second-order valence-corrected chi connectivity index (χ2v) is 9.28. The summed E-state index contributed by atoms with van der Waals surface area (Å²) in [6.07, 6.45) is -1.22. The van der Waals surface area contributed by atoms with Gasteiger partial charge in [0.15, 0.2) is 24.1 Å². The first-order chi connectivity index (χ1) is 14.8. The Kier molecular flexibility index (Phi) is 8.04. The summed E-state index contributed by atoms with van der Waals surface area (Å²) in [6.45, 7) is 13.5. The van der Waals surface area contributed by atoms with Gasteiger partial charge in [0.1, 0.15) is 5.60 Å². The number of esters is 3. The summed E-state index contributed by atoms with van der Waals surface area (Å²) >= 11 is 0. The summed E-state index contributed by atoms with van der Waals surface area (Å²) in [5.74, 6) is -4.53. The number of ketones is 1. The van der Waals surface area contributed by atoms with E-state index < -0.39 is 59.6 Å². The minimum absolute atomic E-state index is 0.0616. The molecular weight excluding hydrogens is 416 g/mol. The predicted octanol–water partition coefficient (Wildman–Crippen LogP) is 2.67. The van der Waals surface area contributed by atoms with Crippen LogP contribution in [0.5, 0.6) is 0 Å². The van der Waals surface area contributed by atoms with Crippen LogP contribution in [0.1, 0.15) is 60.8 Å². The fraction of sp³-hybridized carbons (Fsp3) is 0.667. The van der Waals surface area contributed by atoms with Crippen LogP contribution < -0.4 is 0 Å². The summed E-state index contributed by atoms with van der Waals surface area (Å²) in [5, 5.41) is 11.3. The molecule has 0 aromatic rings. The molecule has 1 N–H and O–H groups in total. The van der Waals surface area contributed by atoms with Gasteiger partial charge in [-0.1, -0.05) is 33.4 Å². The molecule has 1 saturated carbocycles. The lowest BCUT2D eigenvalue weighted by Crippen LogP contribution is -2.55. The molecule has 1 aliphatic carbocycles. The fourth-order valence-corrected chi connectivity index (χ4v) is 3.99. The zero-order chi connectivity index (χ0) is 24.4. The van der Waals surface area contributed by atoms with Crippen molar-refractivity contribution in [1.82, 2.24) is 0 Å². The lowest BCUT2D eigenvalue weighted by Gasteiger charge is -2.40. The van der Waals surface area contributed by atoms with Crippen molar-refractivity contribution in [3.8, 4) is 0 Å². The smallest absolute Gasteiger partial charge is 0.334 e. The van der Waals surface area contributed by atoms with Crippen LogP contribution in [0, 0.1) is 17.8 Å². The SMILES string of the molecule is C=C1C(=O)O[C@H]2[C@H]1[C@@H](OC(=O)/C(C)=C\C)C(=O)[C@H](C)CCC[C@](C)(O)[C@@H]2OC(=O)C(C)C. The molecule has 1 saturated heterocycles. The minimum atomic E-state index is -1.55. The van der Waals surface area contributed by atoms with Gasteiger partial charge in [0.25, 0.3) is 0 Å². The number of carbonyl (C=O) groups is 4. The van der Waals surface area contributed by atoms with E-state index in [1.807, 2.05) is 0 Å². The van der Waals surface area contributed by atoms with E-state index in [1.54, 1.807) is 40.7 Å². The zero-order valence-electron chi connectivity index (χ0n) is 19.7. The molecule has 0 aromatic carbocycles.